The number of amides is 1. The number of methoxy groups -OCH3 is 1. The highest BCUT2D eigenvalue weighted by Gasteiger charge is 2.41. The zero-order valence-electron chi connectivity index (χ0n) is 30.9. The summed E-state index contributed by atoms with van der Waals surface area (Å²) in [6.45, 7) is 6.17. The number of nitrogens with zero attached hydrogens (tertiary/aromatic N) is 2. The van der Waals surface area contributed by atoms with Crippen molar-refractivity contribution in [2.75, 3.05) is 12.0 Å². The number of nitrogens with one attached hydrogen (secondary N) is 1. The number of non-ortho nitro benzene ring substituents is 1. The Morgan fingerprint density at radius 3 is 2.18 bits per heavy atom. The normalized spacial score (nSPS) is 18.2. The van der Waals surface area contributed by atoms with E-state index in [2.05, 4.69) is 5.32 Å². The highest BCUT2D eigenvalue weighted by atomic mass is 32.2. The van der Waals surface area contributed by atoms with Gasteiger partial charge in [-0.3, -0.25) is 24.5 Å². The molecule has 1 N–H and O–H groups in total. The maximum atomic E-state index is 14.3. The second kappa shape index (κ2) is 16.4. The minimum absolute atomic E-state index is 0.101. The van der Waals surface area contributed by atoms with Crippen molar-refractivity contribution in [3.8, 4) is 5.75 Å². The molecule has 0 saturated carbocycles. The molecule has 1 amide bonds. The number of nitro groups is 1. The van der Waals surface area contributed by atoms with Crippen molar-refractivity contribution in [3.05, 3.63) is 152 Å². The molecule has 2 aliphatic heterocycles. The summed E-state index contributed by atoms with van der Waals surface area (Å²) in [5, 5.41) is 14.2. The molecule has 0 radical (unpaired) electrons. The van der Waals surface area contributed by atoms with Crippen molar-refractivity contribution >= 4 is 46.8 Å². The number of Topliss-reactive ketones (excluding diaryl/α,β-unsaturated/α-hetero) is 1. The molecule has 55 heavy (non-hydrogen) atoms. The van der Waals surface area contributed by atoms with Crippen molar-refractivity contribution < 1.29 is 38.3 Å². The number of ether oxygens (including phenoxy) is 3. The zero-order valence-corrected chi connectivity index (χ0v) is 31.7. The Bertz CT molecular complexity index is 2230. The van der Waals surface area contributed by atoms with Crippen LogP contribution in [0.5, 0.6) is 5.75 Å². The number of thioether (sulfide) groups is 1. The van der Waals surface area contributed by atoms with Gasteiger partial charge in [0, 0.05) is 46.8 Å². The number of benzene rings is 4. The summed E-state index contributed by atoms with van der Waals surface area (Å²) in [5.41, 5.74) is 4.71. The molecule has 0 aromatic heterocycles. The molecule has 0 fully saturated rings. The van der Waals surface area contributed by atoms with Gasteiger partial charge in [0.2, 0.25) is 0 Å². The first-order valence-corrected chi connectivity index (χ1v) is 18.3. The first-order chi connectivity index (χ1) is 26.4. The molecule has 2 heterocycles. The highest BCUT2D eigenvalue weighted by Crippen LogP contribution is 2.47. The Morgan fingerprint density at radius 2 is 1.53 bits per heavy atom. The molecule has 0 aliphatic carbocycles. The Kier molecular flexibility index (Phi) is 11.5. The summed E-state index contributed by atoms with van der Waals surface area (Å²) in [4.78, 5) is 66.8. The largest absolute Gasteiger partial charge is 0.497 e. The molecule has 6 rings (SSSR count). The lowest BCUT2D eigenvalue weighted by atomic mass is 9.79. The van der Waals surface area contributed by atoms with Crippen LogP contribution in [0, 0.1) is 10.1 Å². The first kappa shape index (κ1) is 38.5. The second-order valence-electron chi connectivity index (χ2n) is 13.2. The van der Waals surface area contributed by atoms with Crippen molar-refractivity contribution in [2.45, 2.75) is 63.0 Å². The standard InChI is InChI=1S/C42H39N3O9S/c1-24-36(26(3)46)38(31-9-8-10-32(21-31)45(50)51)37(25(2)43-24)42(49)53-23-29-15-13-28(14-16-29)22-44-34-11-6-7-12-35(34)55-40(39(41(44)48)54-27(4)47)30-17-19-33(52-5)20-18-30/h6-21,38-40,43H,22-23H2,1-5H3. The van der Waals surface area contributed by atoms with Crippen LogP contribution in [-0.4, -0.2) is 41.8 Å². The number of fused-ring (bicyclic) bond motifs is 1. The fraction of sp³-hybridized carbons (Fsp3) is 0.238. The number of para-hydroxylation sites is 1. The molecule has 13 heteroatoms. The zero-order chi connectivity index (χ0) is 39.4. The lowest BCUT2D eigenvalue weighted by molar-refractivity contribution is -0.384. The summed E-state index contributed by atoms with van der Waals surface area (Å²) < 4.78 is 16.8. The minimum atomic E-state index is -1.11. The van der Waals surface area contributed by atoms with Gasteiger partial charge in [-0.1, -0.05) is 60.7 Å². The van der Waals surface area contributed by atoms with E-state index in [0.29, 0.717) is 39.5 Å². The van der Waals surface area contributed by atoms with Crippen LogP contribution >= 0.6 is 11.8 Å². The molecule has 0 saturated heterocycles. The lowest BCUT2D eigenvalue weighted by Crippen LogP contribution is -2.42. The quantitative estimate of drug-likeness (QED) is 0.0919. The smallest absolute Gasteiger partial charge is 0.337 e. The molecular weight excluding hydrogens is 723 g/mol. The van der Waals surface area contributed by atoms with Crippen LogP contribution in [0.4, 0.5) is 11.4 Å². The predicted octanol–water partition coefficient (Wildman–Crippen LogP) is 7.48. The Balaban J connectivity index is 1.22. The van der Waals surface area contributed by atoms with Gasteiger partial charge in [-0.05, 0) is 67.3 Å². The fourth-order valence-corrected chi connectivity index (χ4v) is 8.22. The van der Waals surface area contributed by atoms with Crippen LogP contribution in [0.2, 0.25) is 0 Å². The molecule has 4 aromatic rings. The van der Waals surface area contributed by atoms with E-state index in [1.165, 1.54) is 43.8 Å². The summed E-state index contributed by atoms with van der Waals surface area (Å²) in [6.07, 6.45) is -1.11. The van der Waals surface area contributed by atoms with Crippen LogP contribution in [0.1, 0.15) is 61.1 Å². The molecule has 4 aromatic carbocycles. The number of esters is 2. The number of ketones is 1. The Labute approximate surface area is 322 Å². The SMILES string of the molecule is COc1ccc(C2Sc3ccccc3N(Cc3ccc(COC(=O)C4=C(C)NC(C)=C(C(C)=O)C4c4cccc([N+](=O)[O-])c4)cc3)C(=O)C2OC(C)=O)cc1. The number of anilines is 1. The molecule has 282 valence electrons. The minimum Gasteiger partial charge on any atom is -0.497 e. The van der Waals surface area contributed by atoms with E-state index >= 15 is 0 Å². The maximum Gasteiger partial charge on any atom is 0.337 e. The Hall–Kier alpha value is -6.21. The van der Waals surface area contributed by atoms with E-state index in [1.54, 1.807) is 56.2 Å². The van der Waals surface area contributed by atoms with Gasteiger partial charge in [0.15, 0.2) is 11.9 Å². The van der Waals surface area contributed by atoms with Gasteiger partial charge in [-0.25, -0.2) is 4.79 Å². The maximum absolute atomic E-state index is 14.3. The second-order valence-corrected chi connectivity index (χ2v) is 14.4. The number of rotatable bonds is 11. The number of carbonyl (C=O) groups excluding carboxylic acids is 4. The van der Waals surface area contributed by atoms with Gasteiger partial charge >= 0.3 is 11.9 Å². The van der Waals surface area contributed by atoms with Gasteiger partial charge in [-0.2, -0.15) is 0 Å². The van der Waals surface area contributed by atoms with E-state index < -0.39 is 34.1 Å². The third-order valence-corrected chi connectivity index (χ3v) is 10.8. The van der Waals surface area contributed by atoms with Gasteiger partial charge in [0.05, 0.1) is 35.1 Å². The van der Waals surface area contributed by atoms with E-state index in [0.717, 1.165) is 16.0 Å². The van der Waals surface area contributed by atoms with Crippen LogP contribution < -0.4 is 15.0 Å². The van der Waals surface area contributed by atoms with Gasteiger partial charge in [0.1, 0.15) is 12.4 Å². The predicted molar refractivity (Wildman–Crippen MR) is 206 cm³/mol. The molecule has 0 spiro atoms. The topological polar surface area (TPSA) is 154 Å². The highest BCUT2D eigenvalue weighted by molar-refractivity contribution is 7.99. The van der Waals surface area contributed by atoms with E-state index in [9.17, 15) is 29.3 Å². The van der Waals surface area contributed by atoms with Crippen LogP contribution in [-0.2, 0) is 41.8 Å². The van der Waals surface area contributed by atoms with Crippen molar-refractivity contribution in [3.63, 3.8) is 0 Å². The van der Waals surface area contributed by atoms with Crippen LogP contribution in [0.15, 0.2) is 124 Å². The summed E-state index contributed by atoms with van der Waals surface area (Å²) in [7, 11) is 1.58. The lowest BCUT2D eigenvalue weighted by Gasteiger charge is -2.30. The third kappa shape index (κ3) is 8.31. The molecule has 0 bridgehead atoms. The number of hydrogen-bond acceptors (Lipinski definition) is 11. The molecule has 3 unspecified atom stereocenters. The van der Waals surface area contributed by atoms with Gasteiger partial charge in [0.25, 0.3) is 11.6 Å². The summed E-state index contributed by atoms with van der Waals surface area (Å²) >= 11 is 1.45. The van der Waals surface area contributed by atoms with Gasteiger partial charge in [-0.15, -0.1) is 11.8 Å². The average Bonchev–Trinajstić information content (AvgIpc) is 3.27. The first-order valence-electron chi connectivity index (χ1n) is 17.4. The van der Waals surface area contributed by atoms with Crippen molar-refractivity contribution in [1.29, 1.82) is 0 Å². The van der Waals surface area contributed by atoms with Crippen LogP contribution in [0.25, 0.3) is 0 Å². The molecule has 3 atom stereocenters. The number of carbonyl (C=O) groups is 4. The number of allylic oxidation sites excluding steroid dienone is 3. The number of nitro benzene ring substituents is 1. The molecule has 2 aliphatic rings. The fourth-order valence-electron chi connectivity index (χ4n) is 6.90. The number of dihydropyridines is 1. The van der Waals surface area contributed by atoms with Crippen molar-refractivity contribution in [2.24, 2.45) is 0 Å². The number of hydrogen-bond donors (Lipinski definition) is 1. The Morgan fingerprint density at radius 1 is 0.855 bits per heavy atom. The van der Waals surface area contributed by atoms with E-state index in [-0.39, 0.29) is 36.1 Å². The summed E-state index contributed by atoms with van der Waals surface area (Å²) in [5.74, 6) is -2.12. The van der Waals surface area contributed by atoms with Gasteiger partial charge < -0.3 is 24.4 Å². The summed E-state index contributed by atoms with van der Waals surface area (Å²) in [6, 6.07) is 28.0. The monoisotopic (exact) mass is 761 g/mol. The average molecular weight is 762 g/mol. The molecule has 12 nitrogen and oxygen atoms in total. The van der Waals surface area contributed by atoms with E-state index in [1.807, 2.05) is 48.5 Å². The third-order valence-electron chi connectivity index (χ3n) is 9.44. The van der Waals surface area contributed by atoms with E-state index in [4.69, 9.17) is 14.2 Å². The van der Waals surface area contributed by atoms with Crippen LogP contribution in [0.3, 0.4) is 0 Å². The van der Waals surface area contributed by atoms with Crippen molar-refractivity contribution in [1.82, 2.24) is 5.32 Å². The molecular formula is C42H39N3O9S.